The Labute approximate surface area is 178 Å². The fourth-order valence-corrected chi connectivity index (χ4v) is 4.89. The fourth-order valence-electron chi connectivity index (χ4n) is 3.83. The lowest BCUT2D eigenvalue weighted by molar-refractivity contribution is 0.186. The minimum atomic E-state index is -3.56. The van der Waals surface area contributed by atoms with Crippen molar-refractivity contribution in [2.75, 3.05) is 37.6 Å². The zero-order valence-electron chi connectivity index (χ0n) is 16.8. The van der Waals surface area contributed by atoms with Crippen LogP contribution >= 0.6 is 0 Å². The van der Waals surface area contributed by atoms with E-state index >= 15 is 0 Å². The van der Waals surface area contributed by atoms with Crippen LogP contribution in [0.2, 0.25) is 0 Å². The molecule has 0 aliphatic carbocycles. The number of para-hydroxylation sites is 1. The Morgan fingerprint density at radius 2 is 1.53 bits per heavy atom. The first-order valence-corrected chi connectivity index (χ1v) is 11.6. The minimum absolute atomic E-state index is 0.0740. The molecule has 1 aliphatic heterocycles. The topological polar surface area (TPSA) is 65.5 Å². The van der Waals surface area contributed by atoms with Gasteiger partial charge in [-0.15, -0.1) is 0 Å². The van der Waals surface area contributed by atoms with Gasteiger partial charge in [0, 0.05) is 50.8 Å². The van der Waals surface area contributed by atoms with Gasteiger partial charge in [-0.2, -0.15) is 0 Å². The molecule has 6 nitrogen and oxygen atoms in total. The predicted octanol–water partition coefficient (Wildman–Crippen LogP) is 2.92. The molecule has 0 bridgehead atoms. The van der Waals surface area contributed by atoms with Gasteiger partial charge in [-0.05, 0) is 35.9 Å². The van der Waals surface area contributed by atoms with Crippen molar-refractivity contribution in [3.05, 3.63) is 90.8 Å². The molecule has 30 heavy (non-hydrogen) atoms. The summed E-state index contributed by atoms with van der Waals surface area (Å²) in [7, 11) is -3.56. The summed E-state index contributed by atoms with van der Waals surface area (Å²) in [5.74, 6) is 0. The third-order valence-electron chi connectivity index (χ3n) is 5.47. The molecule has 0 radical (unpaired) electrons. The molecule has 7 heteroatoms. The quantitative estimate of drug-likeness (QED) is 0.634. The van der Waals surface area contributed by atoms with E-state index in [9.17, 15) is 8.42 Å². The highest BCUT2D eigenvalue weighted by Gasteiger charge is 2.27. The van der Waals surface area contributed by atoms with Crippen LogP contribution in [-0.2, 0) is 10.0 Å². The second-order valence-electron chi connectivity index (χ2n) is 7.33. The molecule has 1 fully saturated rings. The van der Waals surface area contributed by atoms with Gasteiger partial charge in [-0.25, -0.2) is 13.1 Å². The summed E-state index contributed by atoms with van der Waals surface area (Å²) in [4.78, 5) is 9.24. The van der Waals surface area contributed by atoms with Gasteiger partial charge in [0.25, 0.3) is 0 Å². The van der Waals surface area contributed by atoms with E-state index in [1.807, 2.05) is 30.5 Å². The van der Waals surface area contributed by atoms with E-state index in [2.05, 4.69) is 43.8 Å². The number of rotatable bonds is 7. The molecule has 156 valence electrons. The number of nitrogens with zero attached hydrogens (tertiary/aromatic N) is 3. The summed E-state index contributed by atoms with van der Waals surface area (Å²) in [5, 5.41) is 0. The standard InChI is InChI=1S/C23H26N4O2S/c28-30(29,22-11-5-2-6-12-22)25-19-23(20-8-7-13-24-18-20)27-16-14-26(15-17-27)21-9-3-1-4-10-21/h1-13,18,23,25H,14-17,19H2. The van der Waals surface area contributed by atoms with Crippen LogP contribution in [-0.4, -0.2) is 51.0 Å². The summed E-state index contributed by atoms with van der Waals surface area (Å²) in [5.41, 5.74) is 2.24. The lowest BCUT2D eigenvalue weighted by atomic mass is 10.1. The molecular weight excluding hydrogens is 396 g/mol. The first kappa shape index (κ1) is 20.5. The molecule has 3 aromatic rings. The molecule has 1 atom stereocenters. The van der Waals surface area contributed by atoms with Crippen molar-refractivity contribution in [3.63, 3.8) is 0 Å². The van der Waals surface area contributed by atoms with Crippen molar-refractivity contribution < 1.29 is 8.42 Å². The molecule has 0 saturated carbocycles. The largest absolute Gasteiger partial charge is 0.369 e. The second-order valence-corrected chi connectivity index (χ2v) is 9.09. The van der Waals surface area contributed by atoms with E-state index in [-0.39, 0.29) is 10.9 Å². The van der Waals surface area contributed by atoms with Crippen molar-refractivity contribution in [3.8, 4) is 0 Å². The first-order chi connectivity index (χ1) is 14.6. The molecule has 0 spiro atoms. The maximum absolute atomic E-state index is 12.7. The van der Waals surface area contributed by atoms with Gasteiger partial charge in [0.05, 0.1) is 10.9 Å². The smallest absolute Gasteiger partial charge is 0.240 e. The van der Waals surface area contributed by atoms with Crippen LogP contribution in [0, 0.1) is 0 Å². The number of hydrogen-bond donors (Lipinski definition) is 1. The second kappa shape index (κ2) is 9.38. The van der Waals surface area contributed by atoms with Crippen molar-refractivity contribution in [1.29, 1.82) is 0 Å². The van der Waals surface area contributed by atoms with Gasteiger partial charge < -0.3 is 4.90 Å². The van der Waals surface area contributed by atoms with Gasteiger partial charge in [-0.1, -0.05) is 42.5 Å². The Kier molecular flexibility index (Phi) is 6.42. The zero-order chi connectivity index (χ0) is 20.8. The van der Waals surface area contributed by atoms with Crippen molar-refractivity contribution in [1.82, 2.24) is 14.6 Å². The van der Waals surface area contributed by atoms with E-state index < -0.39 is 10.0 Å². The maximum atomic E-state index is 12.7. The molecule has 4 rings (SSSR count). The van der Waals surface area contributed by atoms with E-state index in [1.54, 1.807) is 30.5 Å². The van der Waals surface area contributed by atoms with Crippen LogP contribution in [0.5, 0.6) is 0 Å². The Morgan fingerprint density at radius 3 is 2.17 bits per heavy atom. The molecule has 0 amide bonds. The van der Waals surface area contributed by atoms with Gasteiger partial charge >= 0.3 is 0 Å². The molecule has 2 heterocycles. The normalized spacial score (nSPS) is 16.3. The number of sulfonamides is 1. The molecule has 1 aliphatic rings. The van der Waals surface area contributed by atoms with Crippen LogP contribution in [0.4, 0.5) is 5.69 Å². The molecule has 1 unspecified atom stereocenters. The molecule has 1 saturated heterocycles. The third kappa shape index (κ3) is 4.87. The Morgan fingerprint density at radius 1 is 0.867 bits per heavy atom. The zero-order valence-corrected chi connectivity index (χ0v) is 17.6. The first-order valence-electron chi connectivity index (χ1n) is 10.1. The molecule has 1 aromatic heterocycles. The van der Waals surface area contributed by atoms with Gasteiger partial charge in [0.1, 0.15) is 0 Å². The average Bonchev–Trinajstić information content (AvgIpc) is 2.81. The number of pyridine rings is 1. The van der Waals surface area contributed by atoms with Crippen LogP contribution < -0.4 is 9.62 Å². The van der Waals surface area contributed by atoms with Crippen LogP contribution in [0.15, 0.2) is 90.1 Å². The monoisotopic (exact) mass is 422 g/mol. The van der Waals surface area contributed by atoms with Crippen molar-refractivity contribution in [2.24, 2.45) is 0 Å². The number of piperazine rings is 1. The van der Waals surface area contributed by atoms with Gasteiger partial charge in [-0.3, -0.25) is 9.88 Å². The van der Waals surface area contributed by atoms with Crippen molar-refractivity contribution >= 4 is 15.7 Å². The fraction of sp³-hybridized carbons (Fsp3) is 0.261. The lowest BCUT2D eigenvalue weighted by Crippen LogP contribution is -2.49. The summed E-state index contributed by atoms with van der Waals surface area (Å²) in [6, 6.07) is 22.7. The number of aromatic nitrogens is 1. The number of nitrogens with one attached hydrogen (secondary N) is 1. The highest BCUT2D eigenvalue weighted by atomic mass is 32.2. The SMILES string of the molecule is O=S(=O)(NCC(c1cccnc1)N1CCN(c2ccccc2)CC1)c1ccccc1. The highest BCUT2D eigenvalue weighted by Crippen LogP contribution is 2.24. The highest BCUT2D eigenvalue weighted by molar-refractivity contribution is 7.89. The van der Waals surface area contributed by atoms with Crippen LogP contribution in [0.25, 0.3) is 0 Å². The Bertz CT molecular complexity index is 1020. The molecule has 1 N–H and O–H groups in total. The lowest BCUT2D eigenvalue weighted by Gasteiger charge is -2.40. The summed E-state index contributed by atoms with van der Waals surface area (Å²) in [6.07, 6.45) is 3.56. The number of anilines is 1. The predicted molar refractivity (Wildman–Crippen MR) is 119 cm³/mol. The summed E-state index contributed by atoms with van der Waals surface area (Å²) in [6.45, 7) is 3.79. The summed E-state index contributed by atoms with van der Waals surface area (Å²) < 4.78 is 28.3. The Hall–Kier alpha value is -2.74. The molecule has 2 aromatic carbocycles. The van der Waals surface area contributed by atoms with Crippen molar-refractivity contribution in [2.45, 2.75) is 10.9 Å². The minimum Gasteiger partial charge on any atom is -0.369 e. The van der Waals surface area contributed by atoms with E-state index in [0.717, 1.165) is 31.7 Å². The Balaban J connectivity index is 1.47. The van der Waals surface area contributed by atoms with E-state index in [0.29, 0.717) is 6.54 Å². The average molecular weight is 423 g/mol. The van der Waals surface area contributed by atoms with E-state index in [1.165, 1.54) is 5.69 Å². The van der Waals surface area contributed by atoms with E-state index in [4.69, 9.17) is 0 Å². The molecular formula is C23H26N4O2S. The van der Waals surface area contributed by atoms with Gasteiger partial charge in [0.2, 0.25) is 10.0 Å². The van der Waals surface area contributed by atoms with Gasteiger partial charge in [0.15, 0.2) is 0 Å². The summed E-state index contributed by atoms with van der Waals surface area (Å²) >= 11 is 0. The van der Waals surface area contributed by atoms with Crippen LogP contribution in [0.3, 0.4) is 0 Å². The third-order valence-corrected chi connectivity index (χ3v) is 6.91. The number of benzene rings is 2. The maximum Gasteiger partial charge on any atom is 0.240 e. The van der Waals surface area contributed by atoms with Crippen LogP contribution in [0.1, 0.15) is 11.6 Å². The number of hydrogen-bond acceptors (Lipinski definition) is 5.